The van der Waals surface area contributed by atoms with E-state index in [2.05, 4.69) is 42.7 Å². The Bertz CT molecular complexity index is 1160. The van der Waals surface area contributed by atoms with E-state index < -0.39 is 0 Å². The SMILES string of the molecule is CC(=O)N1CCC(CC(=O)N2CCN(C(c3ccccc3)c3ccc(OC(C)C)c(F)c3)CC2C(C)(C)C)CC1. The van der Waals surface area contributed by atoms with E-state index in [4.69, 9.17) is 4.74 Å². The van der Waals surface area contributed by atoms with E-state index in [0.29, 0.717) is 32.0 Å². The fourth-order valence-electron chi connectivity index (χ4n) is 6.18. The maximum Gasteiger partial charge on any atom is 0.223 e. The summed E-state index contributed by atoms with van der Waals surface area (Å²) in [6.07, 6.45) is 2.18. The van der Waals surface area contributed by atoms with Gasteiger partial charge >= 0.3 is 0 Å². The Kier molecular flexibility index (Phi) is 9.55. The van der Waals surface area contributed by atoms with Gasteiger partial charge in [0.1, 0.15) is 0 Å². The molecule has 2 aliphatic rings. The van der Waals surface area contributed by atoms with Crippen molar-refractivity contribution in [2.45, 2.75) is 79.0 Å². The van der Waals surface area contributed by atoms with Crippen molar-refractivity contribution >= 4 is 11.8 Å². The molecular formula is C33H46FN3O3. The van der Waals surface area contributed by atoms with Crippen molar-refractivity contribution < 1.29 is 18.7 Å². The predicted octanol–water partition coefficient (Wildman–Crippen LogP) is 5.91. The minimum atomic E-state index is -0.357. The van der Waals surface area contributed by atoms with Crippen molar-refractivity contribution in [3.05, 3.63) is 65.5 Å². The number of hydrogen-bond donors (Lipinski definition) is 0. The number of benzene rings is 2. The zero-order valence-corrected chi connectivity index (χ0v) is 25.0. The summed E-state index contributed by atoms with van der Waals surface area (Å²) in [7, 11) is 0. The lowest BCUT2D eigenvalue weighted by Crippen LogP contribution is -2.60. The van der Waals surface area contributed by atoms with Crippen LogP contribution in [0.5, 0.6) is 5.75 Å². The summed E-state index contributed by atoms with van der Waals surface area (Å²) in [5, 5.41) is 0. The number of ether oxygens (including phenoxy) is 1. The standard InChI is InChI=1S/C33H46FN3O3/c1-23(2)40-29-13-12-27(21-28(29)34)32(26-10-8-7-9-11-26)36-18-19-37(30(22-36)33(4,5)6)31(39)20-25-14-16-35(17-15-25)24(3)38/h7-13,21,23,25,30,32H,14-20,22H2,1-6H3. The monoisotopic (exact) mass is 551 g/mol. The molecule has 2 amide bonds. The predicted molar refractivity (Wildman–Crippen MR) is 157 cm³/mol. The first kappa shape index (κ1) is 30.0. The molecule has 0 N–H and O–H groups in total. The lowest BCUT2D eigenvalue weighted by atomic mass is 9.82. The average molecular weight is 552 g/mol. The van der Waals surface area contributed by atoms with Crippen molar-refractivity contribution in [2.24, 2.45) is 11.3 Å². The Morgan fingerprint density at radius 3 is 2.23 bits per heavy atom. The van der Waals surface area contributed by atoms with Gasteiger partial charge in [0.2, 0.25) is 11.8 Å². The van der Waals surface area contributed by atoms with Gasteiger partial charge in [-0.15, -0.1) is 0 Å². The third kappa shape index (κ3) is 7.22. The first-order valence-corrected chi connectivity index (χ1v) is 14.7. The minimum absolute atomic E-state index is 0.0191. The molecule has 2 aromatic carbocycles. The summed E-state index contributed by atoms with van der Waals surface area (Å²) >= 11 is 0. The highest BCUT2D eigenvalue weighted by Crippen LogP contribution is 2.37. The molecule has 0 aromatic heterocycles. The number of carbonyl (C=O) groups is 2. The van der Waals surface area contributed by atoms with Gasteiger partial charge in [-0.25, -0.2) is 4.39 Å². The fourth-order valence-corrected chi connectivity index (χ4v) is 6.18. The Balaban J connectivity index is 1.55. The molecule has 2 heterocycles. The number of amides is 2. The summed E-state index contributed by atoms with van der Waals surface area (Å²) in [4.78, 5) is 31.8. The van der Waals surface area contributed by atoms with Crippen LogP contribution in [0.15, 0.2) is 48.5 Å². The smallest absolute Gasteiger partial charge is 0.223 e. The summed E-state index contributed by atoms with van der Waals surface area (Å²) < 4.78 is 20.8. The molecule has 2 aromatic rings. The van der Waals surface area contributed by atoms with Crippen molar-refractivity contribution in [2.75, 3.05) is 32.7 Å². The van der Waals surface area contributed by atoms with Gasteiger partial charge in [-0.2, -0.15) is 0 Å². The molecule has 2 aliphatic heterocycles. The summed E-state index contributed by atoms with van der Waals surface area (Å²) in [5.41, 5.74) is 1.85. The van der Waals surface area contributed by atoms with Crippen LogP contribution >= 0.6 is 0 Å². The van der Waals surface area contributed by atoms with Crippen molar-refractivity contribution in [1.29, 1.82) is 0 Å². The molecule has 2 atom stereocenters. The lowest BCUT2D eigenvalue weighted by Gasteiger charge is -2.50. The van der Waals surface area contributed by atoms with Crippen LogP contribution in [0.25, 0.3) is 0 Å². The van der Waals surface area contributed by atoms with E-state index in [9.17, 15) is 9.59 Å². The van der Waals surface area contributed by atoms with Crippen molar-refractivity contribution in [3.8, 4) is 5.75 Å². The Labute approximate surface area is 239 Å². The molecule has 0 aliphatic carbocycles. The molecule has 4 rings (SSSR count). The van der Waals surface area contributed by atoms with Gasteiger partial charge < -0.3 is 14.5 Å². The number of carbonyl (C=O) groups excluding carboxylic acids is 2. The summed E-state index contributed by atoms with van der Waals surface area (Å²) in [6, 6.07) is 15.4. The lowest BCUT2D eigenvalue weighted by molar-refractivity contribution is -0.141. The van der Waals surface area contributed by atoms with E-state index >= 15 is 4.39 Å². The van der Waals surface area contributed by atoms with Crippen LogP contribution in [0.2, 0.25) is 0 Å². The topological polar surface area (TPSA) is 53.1 Å². The largest absolute Gasteiger partial charge is 0.488 e. The number of rotatable bonds is 7. The van der Waals surface area contributed by atoms with Gasteiger partial charge in [-0.1, -0.05) is 57.2 Å². The van der Waals surface area contributed by atoms with E-state index in [-0.39, 0.29) is 47.0 Å². The molecule has 2 saturated heterocycles. The first-order valence-electron chi connectivity index (χ1n) is 14.7. The van der Waals surface area contributed by atoms with Crippen LogP contribution in [-0.2, 0) is 9.59 Å². The van der Waals surface area contributed by atoms with E-state index in [1.807, 2.05) is 43.0 Å². The molecule has 40 heavy (non-hydrogen) atoms. The number of nitrogens with zero attached hydrogens (tertiary/aromatic N) is 3. The van der Waals surface area contributed by atoms with Crippen LogP contribution in [0.4, 0.5) is 4.39 Å². The normalized spacial score (nSPS) is 20.1. The Morgan fingerprint density at radius 2 is 1.65 bits per heavy atom. The Hall–Kier alpha value is -2.93. The highest BCUT2D eigenvalue weighted by atomic mass is 19.1. The van der Waals surface area contributed by atoms with Gasteiger partial charge in [-0.3, -0.25) is 14.5 Å². The number of piperazine rings is 1. The van der Waals surface area contributed by atoms with Gasteiger partial charge in [0.15, 0.2) is 11.6 Å². The van der Waals surface area contributed by atoms with Crippen molar-refractivity contribution in [1.82, 2.24) is 14.7 Å². The summed E-state index contributed by atoms with van der Waals surface area (Å²) in [6.45, 7) is 15.5. The molecule has 0 spiro atoms. The zero-order valence-electron chi connectivity index (χ0n) is 25.0. The van der Waals surface area contributed by atoms with Crippen molar-refractivity contribution in [3.63, 3.8) is 0 Å². The number of piperidine rings is 1. The third-order valence-corrected chi connectivity index (χ3v) is 8.37. The minimum Gasteiger partial charge on any atom is -0.488 e. The second kappa shape index (κ2) is 12.7. The summed E-state index contributed by atoms with van der Waals surface area (Å²) in [5.74, 6) is 0.544. The quantitative estimate of drug-likeness (QED) is 0.429. The van der Waals surface area contributed by atoms with E-state index in [1.165, 1.54) is 0 Å². The first-order chi connectivity index (χ1) is 18.9. The number of likely N-dealkylation sites (tertiary alicyclic amines) is 1. The zero-order chi connectivity index (χ0) is 29.0. The number of halogens is 1. The van der Waals surface area contributed by atoms with Crippen LogP contribution in [0.3, 0.4) is 0 Å². The molecule has 0 radical (unpaired) electrons. The van der Waals surface area contributed by atoms with Gasteiger partial charge in [0.25, 0.3) is 0 Å². The maximum absolute atomic E-state index is 15.2. The number of hydrogen-bond acceptors (Lipinski definition) is 4. The maximum atomic E-state index is 15.2. The molecule has 2 fully saturated rings. The van der Waals surface area contributed by atoms with Gasteiger partial charge in [0.05, 0.1) is 12.1 Å². The molecule has 7 heteroatoms. The highest BCUT2D eigenvalue weighted by molar-refractivity contribution is 5.77. The molecule has 0 saturated carbocycles. The van der Waals surface area contributed by atoms with Gasteiger partial charge in [-0.05, 0) is 61.3 Å². The molecule has 6 nitrogen and oxygen atoms in total. The van der Waals surface area contributed by atoms with Crippen LogP contribution < -0.4 is 4.74 Å². The highest BCUT2D eigenvalue weighted by Gasteiger charge is 2.41. The van der Waals surface area contributed by atoms with Crippen LogP contribution in [0, 0.1) is 17.2 Å². The van der Waals surface area contributed by atoms with Crippen LogP contribution in [0.1, 0.15) is 78.0 Å². The van der Waals surface area contributed by atoms with Gasteiger partial charge in [0, 0.05) is 52.1 Å². The fraction of sp³-hybridized carbons (Fsp3) is 0.576. The Morgan fingerprint density at radius 1 is 0.975 bits per heavy atom. The van der Waals surface area contributed by atoms with Crippen LogP contribution in [-0.4, -0.2) is 71.4 Å². The third-order valence-electron chi connectivity index (χ3n) is 8.37. The molecule has 2 unspecified atom stereocenters. The average Bonchev–Trinajstić information content (AvgIpc) is 2.90. The second-order valence-electron chi connectivity index (χ2n) is 12.8. The van der Waals surface area contributed by atoms with E-state index in [1.54, 1.807) is 19.1 Å². The molecule has 218 valence electrons. The second-order valence-corrected chi connectivity index (χ2v) is 12.8. The van der Waals surface area contributed by atoms with E-state index in [0.717, 1.165) is 37.1 Å². The molecular weight excluding hydrogens is 505 g/mol. The molecule has 0 bridgehead atoms.